The summed E-state index contributed by atoms with van der Waals surface area (Å²) in [5, 5.41) is 8.46. The molecule has 1 aromatic rings. The smallest absolute Gasteiger partial charge is 0.161 e. The highest BCUT2D eigenvalue weighted by atomic mass is 79.9. The second-order valence-corrected chi connectivity index (χ2v) is 8.75. The maximum absolute atomic E-state index is 11.7. The molecule has 0 radical (unpaired) electrons. The molecule has 0 bridgehead atoms. The van der Waals surface area contributed by atoms with E-state index in [-0.39, 0.29) is 22.8 Å². The van der Waals surface area contributed by atoms with Crippen molar-refractivity contribution < 1.29 is 8.42 Å². The van der Waals surface area contributed by atoms with E-state index in [0.717, 1.165) is 10.2 Å². The molecule has 96 valence electrons. The Balaban J connectivity index is 1.99. The number of amidine groups is 1. The second-order valence-electron chi connectivity index (χ2n) is 4.46. The number of fused-ring (bicyclic) bond motifs is 1. The second kappa shape index (κ2) is 4.25. The summed E-state index contributed by atoms with van der Waals surface area (Å²) in [6.07, 6.45) is 0. The molecule has 2 heterocycles. The molecule has 2 aliphatic rings. The fourth-order valence-electron chi connectivity index (χ4n) is 2.44. The van der Waals surface area contributed by atoms with E-state index >= 15 is 0 Å². The zero-order chi connectivity index (χ0) is 12.9. The number of anilines is 1. The number of nitrogens with one attached hydrogen (secondary N) is 1. The number of hydrogen-bond acceptors (Lipinski definition) is 4. The molecule has 7 heteroatoms. The quantitative estimate of drug-likeness (QED) is 0.845. The minimum Gasteiger partial charge on any atom is -0.316 e. The van der Waals surface area contributed by atoms with Gasteiger partial charge in [0, 0.05) is 15.4 Å². The molecule has 0 saturated carbocycles. The van der Waals surface area contributed by atoms with E-state index in [1.807, 2.05) is 29.2 Å². The molecule has 2 fully saturated rings. The predicted octanol–water partition coefficient (Wildman–Crippen LogP) is 2.10. The van der Waals surface area contributed by atoms with Crippen LogP contribution in [-0.4, -0.2) is 36.4 Å². The molecule has 0 aliphatic carbocycles. The Hall–Kier alpha value is -0.530. The highest BCUT2D eigenvalue weighted by molar-refractivity contribution is 9.10. The Kier molecular flexibility index (Phi) is 2.95. The summed E-state index contributed by atoms with van der Waals surface area (Å²) in [5.41, 5.74) is 0.881. The van der Waals surface area contributed by atoms with Gasteiger partial charge in [-0.15, -0.1) is 0 Å². The number of hydrogen-bond donors (Lipinski definition) is 1. The highest BCUT2D eigenvalue weighted by Gasteiger charge is 2.48. The molecule has 18 heavy (non-hydrogen) atoms. The maximum atomic E-state index is 11.7. The lowest BCUT2D eigenvalue weighted by Crippen LogP contribution is -2.37. The molecule has 1 aromatic carbocycles. The van der Waals surface area contributed by atoms with E-state index in [1.54, 1.807) is 0 Å². The van der Waals surface area contributed by atoms with Crippen molar-refractivity contribution in [2.75, 3.05) is 16.4 Å². The van der Waals surface area contributed by atoms with Crippen molar-refractivity contribution in [2.24, 2.45) is 0 Å². The molecule has 2 atom stereocenters. The zero-order valence-corrected chi connectivity index (χ0v) is 12.6. The van der Waals surface area contributed by atoms with Crippen molar-refractivity contribution in [3.05, 3.63) is 28.7 Å². The van der Waals surface area contributed by atoms with Gasteiger partial charge in [-0.05, 0) is 18.2 Å². The lowest BCUT2D eigenvalue weighted by Gasteiger charge is -2.23. The molecular formula is C11H11BrN2O2S2. The summed E-state index contributed by atoms with van der Waals surface area (Å²) < 4.78 is 24.3. The standard InChI is InChI=1S/C11H11BrN2O2S2/c12-7-2-1-3-8(4-7)14-9-5-18(15,16)6-10(9)17-11(14)13/h1-4,9-10,13H,5-6H2/t9-,10+/m1/s1. The van der Waals surface area contributed by atoms with E-state index < -0.39 is 9.84 Å². The summed E-state index contributed by atoms with van der Waals surface area (Å²) in [5.74, 6) is 0.342. The summed E-state index contributed by atoms with van der Waals surface area (Å²) in [6.45, 7) is 0. The molecule has 0 aromatic heterocycles. The van der Waals surface area contributed by atoms with Crippen molar-refractivity contribution >= 4 is 48.4 Å². The van der Waals surface area contributed by atoms with Crippen molar-refractivity contribution in [1.82, 2.24) is 0 Å². The minimum atomic E-state index is -2.95. The van der Waals surface area contributed by atoms with E-state index in [0.29, 0.717) is 5.17 Å². The van der Waals surface area contributed by atoms with Crippen LogP contribution in [0, 0.1) is 5.41 Å². The van der Waals surface area contributed by atoms with Crippen molar-refractivity contribution in [3.8, 4) is 0 Å². The van der Waals surface area contributed by atoms with Crippen molar-refractivity contribution in [1.29, 1.82) is 5.41 Å². The number of nitrogens with zero attached hydrogens (tertiary/aromatic N) is 1. The summed E-state index contributed by atoms with van der Waals surface area (Å²) >= 11 is 4.76. The van der Waals surface area contributed by atoms with Crippen LogP contribution in [0.25, 0.3) is 0 Å². The van der Waals surface area contributed by atoms with Gasteiger partial charge < -0.3 is 4.90 Å². The van der Waals surface area contributed by atoms with Crippen LogP contribution < -0.4 is 4.90 Å². The topological polar surface area (TPSA) is 61.2 Å². The molecule has 2 aliphatic heterocycles. The van der Waals surface area contributed by atoms with Crippen LogP contribution in [0.3, 0.4) is 0 Å². The van der Waals surface area contributed by atoms with Gasteiger partial charge in [0.2, 0.25) is 0 Å². The largest absolute Gasteiger partial charge is 0.316 e. The molecule has 1 N–H and O–H groups in total. The van der Waals surface area contributed by atoms with Gasteiger partial charge in [0.25, 0.3) is 0 Å². The van der Waals surface area contributed by atoms with Crippen LogP contribution in [0.4, 0.5) is 5.69 Å². The van der Waals surface area contributed by atoms with Gasteiger partial charge in [-0.25, -0.2) is 8.42 Å². The Morgan fingerprint density at radius 2 is 2.17 bits per heavy atom. The van der Waals surface area contributed by atoms with Crippen LogP contribution in [0.5, 0.6) is 0 Å². The third-order valence-corrected chi connectivity index (χ3v) is 6.80. The van der Waals surface area contributed by atoms with E-state index in [4.69, 9.17) is 5.41 Å². The first-order valence-electron chi connectivity index (χ1n) is 5.47. The molecule has 0 unspecified atom stereocenters. The third kappa shape index (κ3) is 2.08. The molecule has 0 spiro atoms. The molecule has 0 amide bonds. The van der Waals surface area contributed by atoms with E-state index in [1.165, 1.54) is 11.8 Å². The van der Waals surface area contributed by atoms with E-state index in [2.05, 4.69) is 15.9 Å². The predicted molar refractivity (Wildman–Crippen MR) is 78.2 cm³/mol. The summed E-state index contributed by atoms with van der Waals surface area (Å²) in [6, 6.07) is 7.55. The van der Waals surface area contributed by atoms with Crippen LogP contribution in [0.15, 0.2) is 28.7 Å². The molecule has 4 nitrogen and oxygen atoms in total. The van der Waals surface area contributed by atoms with E-state index in [9.17, 15) is 8.42 Å². The van der Waals surface area contributed by atoms with Gasteiger partial charge in [0.05, 0.1) is 17.5 Å². The third-order valence-electron chi connectivity index (χ3n) is 3.17. The monoisotopic (exact) mass is 346 g/mol. The highest BCUT2D eigenvalue weighted by Crippen LogP contribution is 2.40. The zero-order valence-electron chi connectivity index (χ0n) is 9.34. The van der Waals surface area contributed by atoms with Gasteiger partial charge in [-0.2, -0.15) is 0 Å². The molecular weight excluding hydrogens is 336 g/mol. The Bertz CT molecular complexity index is 617. The van der Waals surface area contributed by atoms with Crippen molar-refractivity contribution in [3.63, 3.8) is 0 Å². The number of rotatable bonds is 1. The first kappa shape index (κ1) is 12.5. The Labute approximate surface area is 118 Å². The first-order valence-corrected chi connectivity index (χ1v) is 8.96. The molecule has 3 rings (SSSR count). The summed E-state index contributed by atoms with van der Waals surface area (Å²) in [4.78, 5) is 1.84. The van der Waals surface area contributed by atoms with Gasteiger partial charge in [0.15, 0.2) is 15.0 Å². The van der Waals surface area contributed by atoms with Gasteiger partial charge in [-0.1, -0.05) is 33.8 Å². The van der Waals surface area contributed by atoms with Crippen LogP contribution >= 0.6 is 27.7 Å². The number of sulfone groups is 1. The average Bonchev–Trinajstić information content (AvgIpc) is 2.68. The number of benzene rings is 1. The lowest BCUT2D eigenvalue weighted by atomic mass is 10.2. The van der Waals surface area contributed by atoms with Gasteiger partial charge in [0.1, 0.15) is 0 Å². The minimum absolute atomic E-state index is 0.00137. The maximum Gasteiger partial charge on any atom is 0.161 e. The van der Waals surface area contributed by atoms with Crippen LogP contribution in [0.1, 0.15) is 0 Å². The van der Waals surface area contributed by atoms with Gasteiger partial charge in [-0.3, -0.25) is 5.41 Å². The summed E-state index contributed by atoms with van der Waals surface area (Å²) in [7, 11) is -2.95. The van der Waals surface area contributed by atoms with Crippen LogP contribution in [0.2, 0.25) is 0 Å². The number of halogens is 1. The lowest BCUT2D eigenvalue weighted by molar-refractivity contribution is 0.601. The van der Waals surface area contributed by atoms with Crippen LogP contribution in [-0.2, 0) is 9.84 Å². The number of thioether (sulfide) groups is 1. The fraction of sp³-hybridized carbons (Fsp3) is 0.364. The molecule has 2 saturated heterocycles. The SMILES string of the molecule is N=C1S[C@H]2CS(=O)(=O)C[C@H]2N1c1cccc(Br)c1. The Morgan fingerprint density at radius 1 is 1.39 bits per heavy atom. The average molecular weight is 347 g/mol. The van der Waals surface area contributed by atoms with Crippen molar-refractivity contribution in [2.45, 2.75) is 11.3 Å². The van der Waals surface area contributed by atoms with Gasteiger partial charge >= 0.3 is 0 Å². The normalized spacial score (nSPS) is 29.6. The Morgan fingerprint density at radius 3 is 2.89 bits per heavy atom. The fourth-order valence-corrected chi connectivity index (χ4v) is 6.62. The first-order chi connectivity index (χ1) is 8.46.